The fourth-order valence-electron chi connectivity index (χ4n) is 3.91. The molecule has 6 nitrogen and oxygen atoms in total. The molecule has 1 heterocycles. The molecule has 3 aromatic rings. The Hall–Kier alpha value is -3.92. The summed E-state index contributed by atoms with van der Waals surface area (Å²) in [7, 11) is 4.73. The first-order valence-corrected chi connectivity index (χ1v) is 12.4. The number of hydrogen-bond donors (Lipinski definition) is 1. The molecule has 0 unspecified atom stereocenters. The minimum absolute atomic E-state index is 0.273. The largest absolute Gasteiger partial charge is 0.493 e. The zero-order valence-corrected chi connectivity index (χ0v) is 21.7. The maximum absolute atomic E-state index is 13.0. The van der Waals surface area contributed by atoms with Crippen molar-refractivity contribution in [3.63, 3.8) is 0 Å². The second-order valence-electron chi connectivity index (χ2n) is 8.47. The van der Waals surface area contributed by atoms with Gasteiger partial charge in [-0.15, -0.1) is 0 Å². The smallest absolute Gasteiger partial charge is 0.416 e. The molecule has 1 aliphatic heterocycles. The summed E-state index contributed by atoms with van der Waals surface area (Å²) in [6.45, 7) is 0.398. The molecule has 0 aromatic heterocycles. The number of benzene rings is 3. The van der Waals surface area contributed by atoms with Gasteiger partial charge in [0.2, 0.25) is 0 Å². The minimum atomic E-state index is -4.42. The van der Waals surface area contributed by atoms with Gasteiger partial charge in [-0.2, -0.15) is 13.2 Å². The highest BCUT2D eigenvalue weighted by Crippen LogP contribution is 2.42. The number of carbonyl (C=O) groups is 2. The van der Waals surface area contributed by atoms with Gasteiger partial charge in [0.05, 0.1) is 30.4 Å². The van der Waals surface area contributed by atoms with Gasteiger partial charge < -0.3 is 19.7 Å². The lowest BCUT2D eigenvalue weighted by molar-refractivity contribution is -0.137. The molecule has 0 saturated carbocycles. The first kappa shape index (κ1) is 27.1. The number of anilines is 1. The number of carbonyl (C=O) groups excluding carboxylic acids is 2. The Bertz CT molecular complexity index is 1390. The number of fused-ring (bicyclic) bond motifs is 1. The summed E-state index contributed by atoms with van der Waals surface area (Å²) in [5.41, 5.74) is 1.70. The van der Waals surface area contributed by atoms with Gasteiger partial charge in [-0.25, -0.2) is 0 Å². The van der Waals surface area contributed by atoms with E-state index in [1.54, 1.807) is 45.5 Å². The lowest BCUT2D eigenvalue weighted by Crippen LogP contribution is -2.31. The Morgan fingerprint density at radius 3 is 2.37 bits per heavy atom. The van der Waals surface area contributed by atoms with Crippen LogP contribution in [0.2, 0.25) is 0 Å². The number of rotatable bonds is 7. The van der Waals surface area contributed by atoms with Crippen LogP contribution in [0.4, 0.5) is 18.9 Å². The van der Waals surface area contributed by atoms with E-state index in [1.807, 2.05) is 18.2 Å². The third-order valence-electron chi connectivity index (χ3n) is 6.00. The van der Waals surface area contributed by atoms with Crippen molar-refractivity contribution < 1.29 is 32.2 Å². The Labute approximate surface area is 222 Å². The van der Waals surface area contributed by atoms with E-state index in [9.17, 15) is 22.8 Å². The Kier molecular flexibility index (Phi) is 8.01. The van der Waals surface area contributed by atoms with Crippen LogP contribution in [0.3, 0.4) is 0 Å². The molecule has 0 spiro atoms. The molecular formula is C28H25F3N2O4S. The molecule has 10 heteroatoms. The third-order valence-corrected chi connectivity index (χ3v) is 7.08. The van der Waals surface area contributed by atoms with Crippen LogP contribution < -0.4 is 19.7 Å². The first-order chi connectivity index (χ1) is 18.1. The predicted molar refractivity (Wildman–Crippen MR) is 141 cm³/mol. The number of likely N-dealkylation sites (N-methyl/N-ethyl adjacent to an activating group) is 1. The van der Waals surface area contributed by atoms with Gasteiger partial charge in [-0.3, -0.25) is 9.59 Å². The SMILES string of the molecule is COc1ccc(CCNC(=O)c2ccc3c(c2)N(C)C(=O)C(=Cc2ccc(C(F)(F)F)cc2)S3)cc1OC. The lowest BCUT2D eigenvalue weighted by Gasteiger charge is -2.27. The average molecular weight is 543 g/mol. The molecule has 3 aromatic carbocycles. The number of methoxy groups -OCH3 is 2. The van der Waals surface area contributed by atoms with Gasteiger partial charge in [-0.1, -0.05) is 30.0 Å². The van der Waals surface area contributed by atoms with E-state index in [2.05, 4.69) is 5.32 Å². The number of ether oxygens (including phenoxy) is 2. The third kappa shape index (κ3) is 5.96. The van der Waals surface area contributed by atoms with Crippen LogP contribution in [-0.2, 0) is 17.4 Å². The van der Waals surface area contributed by atoms with Crippen LogP contribution >= 0.6 is 11.8 Å². The second-order valence-corrected chi connectivity index (χ2v) is 9.56. The highest BCUT2D eigenvalue weighted by atomic mass is 32.2. The van der Waals surface area contributed by atoms with E-state index >= 15 is 0 Å². The maximum Gasteiger partial charge on any atom is 0.416 e. The zero-order chi connectivity index (χ0) is 27.4. The van der Waals surface area contributed by atoms with Gasteiger partial charge in [0, 0.05) is 24.1 Å². The quantitative estimate of drug-likeness (QED) is 0.382. The van der Waals surface area contributed by atoms with Crippen LogP contribution in [0.5, 0.6) is 11.5 Å². The van der Waals surface area contributed by atoms with Crippen molar-refractivity contribution >= 4 is 35.3 Å². The van der Waals surface area contributed by atoms with E-state index in [-0.39, 0.29) is 11.8 Å². The summed E-state index contributed by atoms with van der Waals surface area (Å²) >= 11 is 1.21. The van der Waals surface area contributed by atoms with Crippen molar-refractivity contribution in [2.45, 2.75) is 17.5 Å². The number of amides is 2. The molecule has 0 fully saturated rings. The van der Waals surface area contributed by atoms with Gasteiger partial charge >= 0.3 is 6.18 Å². The average Bonchev–Trinajstić information content (AvgIpc) is 2.91. The predicted octanol–water partition coefficient (Wildman–Crippen LogP) is 5.80. The van der Waals surface area contributed by atoms with Gasteiger partial charge in [0.1, 0.15) is 0 Å². The van der Waals surface area contributed by atoms with Gasteiger partial charge in [-0.05, 0) is 66.1 Å². The normalized spacial score (nSPS) is 14.3. The zero-order valence-electron chi connectivity index (χ0n) is 20.9. The Morgan fingerprint density at radius 1 is 1.00 bits per heavy atom. The molecule has 0 atom stereocenters. The number of nitrogens with one attached hydrogen (secondary N) is 1. The number of thioether (sulfide) groups is 1. The van der Waals surface area contributed by atoms with E-state index in [4.69, 9.17) is 9.47 Å². The standard InChI is InChI=1S/C28H25F3N2O4S/c1-33-21-16-19(26(34)32-13-12-18-6-10-22(36-2)23(14-18)37-3)7-11-24(21)38-25(27(33)35)15-17-4-8-20(9-5-17)28(29,30)31/h4-11,14-16H,12-13H2,1-3H3,(H,32,34). The number of halogens is 3. The summed E-state index contributed by atoms with van der Waals surface area (Å²) in [6, 6.07) is 15.3. The van der Waals surface area contributed by atoms with Crippen LogP contribution in [0.15, 0.2) is 70.5 Å². The molecule has 0 radical (unpaired) electrons. The molecule has 0 bridgehead atoms. The van der Waals surface area contributed by atoms with E-state index in [0.29, 0.717) is 46.2 Å². The van der Waals surface area contributed by atoms with E-state index in [0.717, 1.165) is 22.6 Å². The highest BCUT2D eigenvalue weighted by molar-refractivity contribution is 8.04. The fraction of sp³-hybridized carbons (Fsp3) is 0.214. The van der Waals surface area contributed by atoms with Gasteiger partial charge in [0.15, 0.2) is 11.5 Å². The molecule has 2 amide bonds. The number of hydrogen-bond acceptors (Lipinski definition) is 5. The topological polar surface area (TPSA) is 67.9 Å². The summed E-state index contributed by atoms with van der Waals surface area (Å²) < 4.78 is 49.0. The Balaban J connectivity index is 1.43. The van der Waals surface area contributed by atoms with Crippen molar-refractivity contribution in [3.8, 4) is 11.5 Å². The fourth-order valence-corrected chi connectivity index (χ4v) is 5.01. The van der Waals surface area contributed by atoms with Crippen LogP contribution in [0.25, 0.3) is 6.08 Å². The molecule has 0 aliphatic carbocycles. The summed E-state index contributed by atoms with van der Waals surface area (Å²) in [5.74, 6) is 0.657. The van der Waals surface area contributed by atoms with E-state index < -0.39 is 11.7 Å². The van der Waals surface area contributed by atoms with E-state index in [1.165, 1.54) is 28.8 Å². The van der Waals surface area contributed by atoms with Crippen LogP contribution in [0.1, 0.15) is 27.0 Å². The monoisotopic (exact) mass is 542 g/mol. The van der Waals surface area contributed by atoms with Crippen molar-refractivity contribution in [1.29, 1.82) is 0 Å². The maximum atomic E-state index is 13.0. The van der Waals surface area contributed by atoms with Crippen molar-refractivity contribution in [2.75, 3.05) is 32.7 Å². The molecule has 4 rings (SSSR count). The summed E-state index contributed by atoms with van der Waals surface area (Å²) in [4.78, 5) is 28.3. The molecular weight excluding hydrogens is 517 g/mol. The molecule has 1 N–H and O–H groups in total. The van der Waals surface area contributed by atoms with Gasteiger partial charge in [0.25, 0.3) is 11.8 Å². The second kappa shape index (κ2) is 11.2. The molecule has 38 heavy (non-hydrogen) atoms. The number of nitrogens with zero attached hydrogens (tertiary/aromatic N) is 1. The lowest BCUT2D eigenvalue weighted by atomic mass is 10.1. The summed E-state index contributed by atoms with van der Waals surface area (Å²) in [6.07, 6.45) is -2.28. The number of alkyl halides is 3. The molecule has 198 valence electrons. The van der Waals surface area contributed by atoms with Crippen LogP contribution in [-0.4, -0.2) is 39.6 Å². The highest BCUT2D eigenvalue weighted by Gasteiger charge is 2.30. The molecule has 0 saturated heterocycles. The first-order valence-electron chi connectivity index (χ1n) is 11.6. The van der Waals surface area contributed by atoms with Crippen molar-refractivity contribution in [1.82, 2.24) is 5.32 Å². The minimum Gasteiger partial charge on any atom is -0.493 e. The van der Waals surface area contributed by atoms with Crippen LogP contribution in [0, 0.1) is 0 Å². The Morgan fingerprint density at radius 2 is 1.71 bits per heavy atom. The summed E-state index contributed by atoms with van der Waals surface area (Å²) in [5, 5.41) is 2.89. The van der Waals surface area contributed by atoms with Crippen molar-refractivity contribution in [2.24, 2.45) is 0 Å². The van der Waals surface area contributed by atoms with Crippen molar-refractivity contribution in [3.05, 3.63) is 87.8 Å². The molecule has 1 aliphatic rings.